The van der Waals surface area contributed by atoms with E-state index in [2.05, 4.69) is 15.4 Å². The third-order valence-electron chi connectivity index (χ3n) is 5.25. The van der Waals surface area contributed by atoms with Crippen molar-refractivity contribution in [3.63, 3.8) is 0 Å². The average Bonchev–Trinajstić information content (AvgIpc) is 3.30. The number of fused-ring (bicyclic) bond motifs is 3. The van der Waals surface area contributed by atoms with Gasteiger partial charge in [0.1, 0.15) is 4.83 Å². The van der Waals surface area contributed by atoms with Crippen LogP contribution in [-0.2, 0) is 24.2 Å². The first kappa shape index (κ1) is 22.0. The van der Waals surface area contributed by atoms with E-state index < -0.39 is 0 Å². The van der Waals surface area contributed by atoms with E-state index in [1.54, 1.807) is 28.9 Å². The fourth-order valence-corrected chi connectivity index (χ4v) is 5.93. The molecule has 31 heavy (non-hydrogen) atoms. The number of thiophene rings is 1. The van der Waals surface area contributed by atoms with Crippen molar-refractivity contribution in [1.29, 1.82) is 0 Å². The van der Waals surface area contributed by atoms with Crippen LogP contribution >= 0.6 is 23.1 Å². The second kappa shape index (κ2) is 9.54. The Kier molecular flexibility index (Phi) is 6.78. The molecule has 3 aromatic rings. The summed E-state index contributed by atoms with van der Waals surface area (Å²) in [6.07, 6.45) is 5.10. The standard InChI is InChI=1S/C21H27N5O3S2/c1-13-11-17(29-24-13)22-16(27)12-30-21-23-19-18(14-7-4-5-8-15(14)31-19)20(28)26(21)10-6-9-25(2)3/h11H,4-10,12H2,1-3H3,(H,22,27). The molecule has 166 valence electrons. The van der Waals surface area contributed by atoms with Gasteiger partial charge in [-0.25, -0.2) is 4.98 Å². The van der Waals surface area contributed by atoms with Crippen LogP contribution in [0.2, 0.25) is 0 Å². The number of thioether (sulfide) groups is 1. The molecule has 0 bridgehead atoms. The summed E-state index contributed by atoms with van der Waals surface area (Å²) in [5.41, 5.74) is 1.92. The Morgan fingerprint density at radius 3 is 2.90 bits per heavy atom. The highest BCUT2D eigenvalue weighted by molar-refractivity contribution is 7.99. The highest BCUT2D eigenvalue weighted by atomic mass is 32.2. The number of nitrogens with zero attached hydrogens (tertiary/aromatic N) is 4. The van der Waals surface area contributed by atoms with Gasteiger partial charge in [0.2, 0.25) is 11.8 Å². The first-order valence-corrected chi connectivity index (χ1v) is 12.3. The number of aromatic nitrogens is 3. The van der Waals surface area contributed by atoms with E-state index in [0.29, 0.717) is 23.3 Å². The van der Waals surface area contributed by atoms with Crippen molar-refractivity contribution in [2.45, 2.75) is 50.7 Å². The Labute approximate surface area is 189 Å². The molecule has 0 atom stereocenters. The Balaban J connectivity index is 1.60. The summed E-state index contributed by atoms with van der Waals surface area (Å²) in [5, 5.41) is 7.85. The summed E-state index contributed by atoms with van der Waals surface area (Å²) in [7, 11) is 4.04. The van der Waals surface area contributed by atoms with Gasteiger partial charge in [-0.2, -0.15) is 0 Å². The lowest BCUT2D eigenvalue weighted by atomic mass is 9.97. The van der Waals surface area contributed by atoms with Gasteiger partial charge in [0.05, 0.1) is 16.8 Å². The van der Waals surface area contributed by atoms with Crippen LogP contribution in [0.25, 0.3) is 10.2 Å². The smallest absolute Gasteiger partial charge is 0.263 e. The molecular formula is C21H27N5O3S2. The summed E-state index contributed by atoms with van der Waals surface area (Å²) >= 11 is 2.92. The van der Waals surface area contributed by atoms with Gasteiger partial charge in [-0.05, 0) is 65.2 Å². The van der Waals surface area contributed by atoms with Crippen molar-refractivity contribution in [2.24, 2.45) is 0 Å². The van der Waals surface area contributed by atoms with Gasteiger partial charge in [0.15, 0.2) is 5.16 Å². The van der Waals surface area contributed by atoms with E-state index >= 15 is 0 Å². The number of rotatable bonds is 8. The normalized spacial score (nSPS) is 13.7. The van der Waals surface area contributed by atoms with Crippen molar-refractivity contribution < 1.29 is 9.32 Å². The van der Waals surface area contributed by atoms with E-state index in [1.807, 2.05) is 14.1 Å². The van der Waals surface area contributed by atoms with Crippen LogP contribution < -0.4 is 10.9 Å². The summed E-state index contributed by atoms with van der Waals surface area (Å²) in [6, 6.07) is 1.67. The molecule has 0 fully saturated rings. The molecule has 0 saturated heterocycles. The molecule has 1 aliphatic carbocycles. The lowest BCUT2D eigenvalue weighted by Crippen LogP contribution is -2.26. The average molecular weight is 462 g/mol. The fraction of sp³-hybridized carbons (Fsp3) is 0.524. The minimum absolute atomic E-state index is 0.0249. The van der Waals surface area contributed by atoms with Crippen molar-refractivity contribution in [3.05, 3.63) is 32.6 Å². The highest BCUT2D eigenvalue weighted by Gasteiger charge is 2.22. The van der Waals surface area contributed by atoms with Gasteiger partial charge in [-0.1, -0.05) is 16.9 Å². The number of anilines is 1. The predicted molar refractivity (Wildman–Crippen MR) is 124 cm³/mol. The predicted octanol–water partition coefficient (Wildman–Crippen LogP) is 3.32. The summed E-state index contributed by atoms with van der Waals surface area (Å²) in [5.74, 6) is 0.234. The van der Waals surface area contributed by atoms with Gasteiger partial charge in [0.25, 0.3) is 5.56 Å². The lowest BCUT2D eigenvalue weighted by Gasteiger charge is -2.15. The molecule has 3 aromatic heterocycles. The number of carbonyl (C=O) groups excluding carboxylic acids is 1. The van der Waals surface area contributed by atoms with E-state index in [0.717, 1.165) is 42.4 Å². The van der Waals surface area contributed by atoms with Crippen molar-refractivity contribution in [2.75, 3.05) is 31.7 Å². The molecule has 0 saturated carbocycles. The molecule has 0 aliphatic heterocycles. The molecule has 0 spiro atoms. The number of nitrogens with one attached hydrogen (secondary N) is 1. The molecule has 1 N–H and O–H groups in total. The molecule has 0 aromatic carbocycles. The van der Waals surface area contributed by atoms with Crippen molar-refractivity contribution >= 4 is 45.1 Å². The van der Waals surface area contributed by atoms with E-state index in [4.69, 9.17) is 9.51 Å². The summed E-state index contributed by atoms with van der Waals surface area (Å²) in [4.78, 5) is 34.9. The molecule has 1 amide bonds. The fourth-order valence-electron chi connectivity index (χ4n) is 3.80. The number of hydrogen-bond donors (Lipinski definition) is 1. The number of amides is 1. The summed E-state index contributed by atoms with van der Waals surface area (Å²) in [6.45, 7) is 3.25. The molecule has 1 aliphatic rings. The Bertz CT molecular complexity index is 1150. The van der Waals surface area contributed by atoms with Crippen LogP contribution in [0.3, 0.4) is 0 Å². The molecular weight excluding hydrogens is 434 g/mol. The van der Waals surface area contributed by atoms with Crippen LogP contribution in [-0.4, -0.2) is 51.9 Å². The molecule has 0 radical (unpaired) electrons. The maximum atomic E-state index is 13.5. The monoisotopic (exact) mass is 461 g/mol. The highest BCUT2D eigenvalue weighted by Crippen LogP contribution is 2.34. The molecule has 4 rings (SSSR count). The zero-order valence-electron chi connectivity index (χ0n) is 18.1. The number of hydrogen-bond acceptors (Lipinski definition) is 8. The topological polar surface area (TPSA) is 93.3 Å². The maximum Gasteiger partial charge on any atom is 0.263 e. The van der Waals surface area contributed by atoms with E-state index in [9.17, 15) is 9.59 Å². The lowest BCUT2D eigenvalue weighted by molar-refractivity contribution is -0.113. The zero-order chi connectivity index (χ0) is 22.0. The second-order valence-corrected chi connectivity index (χ2v) is 10.1. The van der Waals surface area contributed by atoms with Gasteiger partial charge in [-0.15, -0.1) is 11.3 Å². The minimum atomic E-state index is -0.221. The SMILES string of the molecule is Cc1cc(NC(=O)CSc2nc3sc4c(c3c(=O)n2CCCN(C)C)CCCC4)on1. The van der Waals surface area contributed by atoms with Crippen molar-refractivity contribution in [3.8, 4) is 0 Å². The van der Waals surface area contributed by atoms with Gasteiger partial charge in [-0.3, -0.25) is 19.5 Å². The summed E-state index contributed by atoms with van der Waals surface area (Å²) < 4.78 is 6.80. The van der Waals surface area contributed by atoms with Crippen LogP contribution in [0, 0.1) is 6.92 Å². The van der Waals surface area contributed by atoms with Gasteiger partial charge in [0, 0.05) is 17.5 Å². The van der Waals surface area contributed by atoms with Crippen molar-refractivity contribution in [1.82, 2.24) is 19.6 Å². The first-order valence-electron chi connectivity index (χ1n) is 10.5. The quantitative estimate of drug-likeness (QED) is 0.406. The van der Waals surface area contributed by atoms with Crippen LogP contribution in [0.5, 0.6) is 0 Å². The van der Waals surface area contributed by atoms with E-state index in [-0.39, 0.29) is 17.2 Å². The van der Waals surface area contributed by atoms with Gasteiger partial charge >= 0.3 is 0 Å². The second-order valence-electron chi connectivity index (χ2n) is 8.07. The first-order chi connectivity index (χ1) is 14.9. The Morgan fingerprint density at radius 1 is 1.35 bits per heavy atom. The van der Waals surface area contributed by atoms with Crippen LogP contribution in [0.15, 0.2) is 20.5 Å². The molecule has 8 nitrogen and oxygen atoms in total. The Morgan fingerprint density at radius 2 is 2.16 bits per heavy atom. The number of carbonyl (C=O) groups is 1. The third kappa shape index (κ3) is 5.02. The van der Waals surface area contributed by atoms with Crippen LogP contribution in [0.4, 0.5) is 5.88 Å². The van der Waals surface area contributed by atoms with Gasteiger partial charge < -0.3 is 9.42 Å². The largest absolute Gasteiger partial charge is 0.338 e. The molecule has 10 heteroatoms. The zero-order valence-corrected chi connectivity index (χ0v) is 19.7. The maximum absolute atomic E-state index is 13.5. The third-order valence-corrected chi connectivity index (χ3v) is 7.41. The van der Waals surface area contributed by atoms with E-state index in [1.165, 1.54) is 28.6 Å². The molecule has 3 heterocycles. The van der Waals surface area contributed by atoms with Crippen LogP contribution in [0.1, 0.15) is 35.4 Å². The Hall–Kier alpha value is -2.17. The minimum Gasteiger partial charge on any atom is -0.338 e. The number of aryl methyl sites for hydroxylation is 3. The molecule has 0 unspecified atom stereocenters.